The second-order valence-corrected chi connectivity index (χ2v) is 7.39. The van der Waals surface area contributed by atoms with E-state index in [-0.39, 0.29) is 11.9 Å². The summed E-state index contributed by atoms with van der Waals surface area (Å²) < 4.78 is 1.98. The van der Waals surface area contributed by atoms with Gasteiger partial charge in [-0.15, -0.1) is 0 Å². The number of nitrogens with one attached hydrogen (secondary N) is 1. The fraction of sp³-hybridized carbons (Fsp3) is 0.632. The van der Waals surface area contributed by atoms with E-state index < -0.39 is 0 Å². The lowest BCUT2D eigenvalue weighted by Gasteiger charge is -2.35. The average Bonchev–Trinajstić information content (AvgIpc) is 2.89. The fourth-order valence-corrected chi connectivity index (χ4v) is 3.37. The minimum absolute atomic E-state index is 0.103. The van der Waals surface area contributed by atoms with Gasteiger partial charge in [-0.2, -0.15) is 9.61 Å². The molecule has 0 spiro atoms. The minimum Gasteiger partial charge on any atom is -0.354 e. The molecule has 0 saturated carbocycles. The van der Waals surface area contributed by atoms with E-state index >= 15 is 0 Å². The molecule has 0 aliphatic carbocycles. The van der Waals surface area contributed by atoms with E-state index in [9.17, 15) is 4.79 Å². The monoisotopic (exact) mass is 358 g/mol. The molecule has 7 nitrogen and oxygen atoms in total. The molecule has 1 amide bonds. The summed E-state index contributed by atoms with van der Waals surface area (Å²) in [5.74, 6) is 1.21. The summed E-state index contributed by atoms with van der Waals surface area (Å²) in [7, 11) is 0. The van der Waals surface area contributed by atoms with Gasteiger partial charge in [0, 0.05) is 49.5 Å². The molecule has 0 unspecified atom stereocenters. The van der Waals surface area contributed by atoms with E-state index in [1.807, 2.05) is 25.3 Å². The largest absolute Gasteiger partial charge is 0.354 e. The molecule has 1 fully saturated rings. The molecule has 7 heteroatoms. The number of nitrogens with zero attached hydrogens (tertiary/aromatic N) is 5. The van der Waals surface area contributed by atoms with Crippen molar-refractivity contribution in [1.29, 1.82) is 0 Å². The normalized spacial score (nSPS) is 15.8. The van der Waals surface area contributed by atoms with Crippen molar-refractivity contribution in [1.82, 2.24) is 24.8 Å². The lowest BCUT2D eigenvalue weighted by molar-refractivity contribution is -0.122. The zero-order chi connectivity index (χ0) is 18.8. The first kappa shape index (κ1) is 18.6. The maximum Gasteiger partial charge on any atom is 0.234 e. The Kier molecular flexibility index (Phi) is 5.46. The average molecular weight is 358 g/mol. The number of aromatic nitrogens is 3. The Morgan fingerprint density at radius 1 is 1.23 bits per heavy atom. The van der Waals surface area contributed by atoms with Gasteiger partial charge >= 0.3 is 0 Å². The summed E-state index contributed by atoms with van der Waals surface area (Å²) in [6.45, 7) is 14.2. The molecular weight excluding hydrogens is 328 g/mol. The molecule has 2 aromatic heterocycles. The van der Waals surface area contributed by atoms with Gasteiger partial charge in [-0.1, -0.05) is 6.92 Å². The smallest absolute Gasteiger partial charge is 0.234 e. The zero-order valence-corrected chi connectivity index (χ0v) is 16.5. The fourth-order valence-electron chi connectivity index (χ4n) is 3.37. The summed E-state index contributed by atoms with van der Waals surface area (Å²) >= 11 is 0. The van der Waals surface area contributed by atoms with Crippen molar-refractivity contribution in [3.63, 3.8) is 0 Å². The molecular formula is C19H30N6O. The minimum atomic E-state index is 0.103. The van der Waals surface area contributed by atoms with Gasteiger partial charge in [0.1, 0.15) is 5.82 Å². The van der Waals surface area contributed by atoms with Gasteiger partial charge in [0.05, 0.1) is 12.2 Å². The third-order valence-electron chi connectivity index (χ3n) is 4.97. The second-order valence-electron chi connectivity index (χ2n) is 7.39. The highest BCUT2D eigenvalue weighted by Gasteiger charge is 2.22. The summed E-state index contributed by atoms with van der Waals surface area (Å²) in [6.07, 6.45) is 0.905. The molecule has 0 radical (unpaired) electrons. The van der Waals surface area contributed by atoms with E-state index in [2.05, 4.69) is 35.0 Å². The van der Waals surface area contributed by atoms with Crippen LogP contribution in [-0.2, 0) is 11.2 Å². The molecule has 2 aromatic rings. The standard InChI is InChI=1S/C19H30N6O/c1-6-16-11-18(25-19(21-16)14(4)15(5)22-25)24-9-7-23(8-10-24)12-17(26)20-13(2)3/h11,13H,6-10,12H2,1-5H3,(H,20,26). The number of piperazine rings is 1. The Hall–Kier alpha value is -2.15. The van der Waals surface area contributed by atoms with Crippen LogP contribution in [0.15, 0.2) is 6.07 Å². The van der Waals surface area contributed by atoms with Crippen LogP contribution in [-0.4, -0.2) is 64.2 Å². The molecule has 3 rings (SSSR count). The van der Waals surface area contributed by atoms with Crippen molar-refractivity contribution in [2.75, 3.05) is 37.6 Å². The Morgan fingerprint density at radius 2 is 1.92 bits per heavy atom. The topological polar surface area (TPSA) is 65.8 Å². The Balaban J connectivity index is 1.75. The number of hydrogen-bond donors (Lipinski definition) is 1. The Labute approximate surface area is 155 Å². The van der Waals surface area contributed by atoms with Gasteiger partial charge in [-0.25, -0.2) is 4.98 Å². The van der Waals surface area contributed by atoms with Gasteiger partial charge in [-0.05, 0) is 34.1 Å². The van der Waals surface area contributed by atoms with Crippen LogP contribution in [0.4, 0.5) is 5.82 Å². The molecule has 0 bridgehead atoms. The predicted octanol–water partition coefficient (Wildman–Crippen LogP) is 1.56. The van der Waals surface area contributed by atoms with Crippen molar-refractivity contribution in [3.05, 3.63) is 23.0 Å². The highest BCUT2D eigenvalue weighted by molar-refractivity contribution is 5.78. The van der Waals surface area contributed by atoms with Crippen molar-refractivity contribution in [2.45, 2.75) is 47.1 Å². The lowest BCUT2D eigenvalue weighted by atomic mass is 10.2. The number of anilines is 1. The summed E-state index contributed by atoms with van der Waals surface area (Å²) in [6, 6.07) is 2.34. The molecule has 1 saturated heterocycles. The second kappa shape index (κ2) is 7.61. The van der Waals surface area contributed by atoms with Crippen LogP contribution in [0.2, 0.25) is 0 Å². The van der Waals surface area contributed by atoms with E-state index in [4.69, 9.17) is 10.1 Å². The van der Waals surface area contributed by atoms with E-state index in [0.29, 0.717) is 6.54 Å². The molecule has 0 aromatic carbocycles. The highest BCUT2D eigenvalue weighted by atomic mass is 16.2. The summed E-state index contributed by atoms with van der Waals surface area (Å²) in [5.41, 5.74) is 4.21. The number of carbonyl (C=O) groups excluding carboxylic acids is 1. The molecule has 1 aliphatic rings. The Morgan fingerprint density at radius 3 is 2.54 bits per heavy atom. The van der Waals surface area contributed by atoms with Gasteiger partial charge in [0.25, 0.3) is 0 Å². The predicted molar refractivity (Wildman–Crippen MR) is 104 cm³/mol. The number of aryl methyl sites for hydroxylation is 3. The molecule has 3 heterocycles. The summed E-state index contributed by atoms with van der Waals surface area (Å²) in [4.78, 5) is 21.3. The van der Waals surface area contributed by atoms with Crippen molar-refractivity contribution >= 4 is 17.4 Å². The molecule has 0 atom stereocenters. The third-order valence-corrected chi connectivity index (χ3v) is 4.97. The van der Waals surface area contributed by atoms with Crippen molar-refractivity contribution < 1.29 is 4.79 Å². The third kappa shape index (κ3) is 3.82. The molecule has 1 aliphatic heterocycles. The van der Waals surface area contributed by atoms with Crippen LogP contribution in [0.1, 0.15) is 37.7 Å². The number of rotatable bonds is 5. The number of carbonyl (C=O) groups is 1. The van der Waals surface area contributed by atoms with Crippen molar-refractivity contribution in [3.8, 4) is 0 Å². The van der Waals surface area contributed by atoms with Crippen molar-refractivity contribution in [2.24, 2.45) is 0 Å². The number of amides is 1. The maximum absolute atomic E-state index is 12.0. The molecule has 142 valence electrons. The maximum atomic E-state index is 12.0. The molecule has 26 heavy (non-hydrogen) atoms. The zero-order valence-electron chi connectivity index (χ0n) is 16.5. The van der Waals surface area contributed by atoms with Gasteiger partial charge in [-0.3, -0.25) is 9.69 Å². The lowest BCUT2D eigenvalue weighted by Crippen LogP contribution is -2.50. The SMILES string of the molecule is CCc1cc(N2CCN(CC(=O)NC(C)C)CC2)n2nc(C)c(C)c2n1. The quantitative estimate of drug-likeness (QED) is 0.879. The first-order valence-electron chi connectivity index (χ1n) is 9.51. The van der Waals surface area contributed by atoms with Crippen LogP contribution in [0.25, 0.3) is 5.65 Å². The van der Waals surface area contributed by atoms with Crippen LogP contribution in [0.5, 0.6) is 0 Å². The van der Waals surface area contributed by atoms with Crippen LogP contribution in [0, 0.1) is 13.8 Å². The van der Waals surface area contributed by atoms with Crippen LogP contribution in [0.3, 0.4) is 0 Å². The highest BCUT2D eigenvalue weighted by Crippen LogP contribution is 2.22. The van der Waals surface area contributed by atoms with Gasteiger partial charge in [0.2, 0.25) is 5.91 Å². The van der Waals surface area contributed by atoms with E-state index in [0.717, 1.165) is 61.0 Å². The Bertz CT molecular complexity index is 789. The molecule has 1 N–H and O–H groups in total. The first-order valence-corrected chi connectivity index (χ1v) is 9.51. The first-order chi connectivity index (χ1) is 12.4. The van der Waals surface area contributed by atoms with E-state index in [1.165, 1.54) is 0 Å². The number of fused-ring (bicyclic) bond motifs is 1. The van der Waals surface area contributed by atoms with Crippen LogP contribution < -0.4 is 10.2 Å². The van der Waals surface area contributed by atoms with Crippen LogP contribution >= 0.6 is 0 Å². The van der Waals surface area contributed by atoms with Gasteiger partial charge in [0.15, 0.2) is 5.65 Å². The van der Waals surface area contributed by atoms with Gasteiger partial charge < -0.3 is 10.2 Å². The summed E-state index contributed by atoms with van der Waals surface area (Å²) in [5, 5.41) is 7.66. The number of hydrogen-bond acceptors (Lipinski definition) is 5. The van der Waals surface area contributed by atoms with E-state index in [1.54, 1.807) is 0 Å².